The number of hydrogen-bond acceptors (Lipinski definition) is 5. The number of methoxy groups -OCH3 is 1. The topological polar surface area (TPSA) is 87.0 Å². The van der Waals surface area contributed by atoms with Crippen molar-refractivity contribution < 1.29 is 9.53 Å². The summed E-state index contributed by atoms with van der Waals surface area (Å²) in [6.07, 6.45) is 2.46. The average molecular weight is 310 g/mol. The van der Waals surface area contributed by atoms with Gasteiger partial charge in [0.05, 0.1) is 11.6 Å². The fourth-order valence-electron chi connectivity index (χ4n) is 1.98. The van der Waals surface area contributed by atoms with E-state index in [-0.39, 0.29) is 5.91 Å². The number of amides is 1. The summed E-state index contributed by atoms with van der Waals surface area (Å²) >= 11 is 0. The fourth-order valence-corrected chi connectivity index (χ4v) is 1.98. The first-order valence-electron chi connectivity index (χ1n) is 7.23. The molecule has 0 fully saturated rings. The van der Waals surface area contributed by atoms with Crippen LogP contribution in [0.25, 0.3) is 0 Å². The lowest BCUT2D eigenvalue weighted by Gasteiger charge is -2.08. The lowest BCUT2D eigenvalue weighted by Crippen LogP contribution is -2.14. The minimum atomic E-state index is -0.319. The molecular weight excluding hydrogens is 292 g/mol. The summed E-state index contributed by atoms with van der Waals surface area (Å²) in [6, 6.07) is 12.3. The molecule has 0 bridgehead atoms. The van der Waals surface area contributed by atoms with Crippen LogP contribution in [0.15, 0.2) is 42.6 Å². The molecule has 23 heavy (non-hydrogen) atoms. The lowest BCUT2D eigenvalue weighted by molar-refractivity contribution is 0.102. The second-order valence-electron chi connectivity index (χ2n) is 4.85. The first-order valence-corrected chi connectivity index (χ1v) is 7.23. The molecule has 0 unspecified atom stereocenters. The SMILES string of the molecule is COCCCNc1ccnc(C(=O)Nc2cccc(C#N)c2)c1. The van der Waals surface area contributed by atoms with Crippen molar-refractivity contribution >= 4 is 17.3 Å². The molecule has 2 aromatic rings. The molecule has 0 saturated carbocycles. The van der Waals surface area contributed by atoms with Crippen LogP contribution in [0.1, 0.15) is 22.5 Å². The molecule has 0 aliphatic carbocycles. The predicted molar refractivity (Wildman–Crippen MR) is 88.3 cm³/mol. The third kappa shape index (κ3) is 5.09. The second kappa shape index (κ2) is 8.51. The molecule has 1 amide bonds. The first kappa shape index (κ1) is 16.5. The van der Waals surface area contributed by atoms with E-state index in [0.29, 0.717) is 23.6 Å². The normalized spacial score (nSPS) is 9.91. The Hall–Kier alpha value is -2.91. The van der Waals surface area contributed by atoms with E-state index >= 15 is 0 Å². The average Bonchev–Trinajstić information content (AvgIpc) is 2.59. The number of carbonyl (C=O) groups is 1. The van der Waals surface area contributed by atoms with Crippen molar-refractivity contribution in [3.63, 3.8) is 0 Å². The summed E-state index contributed by atoms with van der Waals surface area (Å²) < 4.78 is 4.99. The third-order valence-corrected chi connectivity index (χ3v) is 3.10. The Morgan fingerprint density at radius 3 is 2.96 bits per heavy atom. The van der Waals surface area contributed by atoms with Crippen LogP contribution in [0.2, 0.25) is 0 Å². The Kier molecular flexibility index (Phi) is 6.09. The Morgan fingerprint density at radius 1 is 1.30 bits per heavy atom. The molecule has 0 spiro atoms. The second-order valence-corrected chi connectivity index (χ2v) is 4.85. The summed E-state index contributed by atoms with van der Waals surface area (Å²) in [5.41, 5.74) is 2.19. The number of nitriles is 1. The zero-order valence-electron chi connectivity index (χ0n) is 12.9. The quantitative estimate of drug-likeness (QED) is 0.768. The van der Waals surface area contributed by atoms with Gasteiger partial charge >= 0.3 is 0 Å². The van der Waals surface area contributed by atoms with Gasteiger partial charge in [-0.25, -0.2) is 0 Å². The third-order valence-electron chi connectivity index (χ3n) is 3.10. The highest BCUT2D eigenvalue weighted by Gasteiger charge is 2.08. The van der Waals surface area contributed by atoms with Gasteiger partial charge in [-0.2, -0.15) is 5.26 Å². The molecular formula is C17H18N4O2. The summed E-state index contributed by atoms with van der Waals surface area (Å²) in [5, 5.41) is 14.8. The van der Waals surface area contributed by atoms with Crippen molar-refractivity contribution in [1.29, 1.82) is 5.26 Å². The smallest absolute Gasteiger partial charge is 0.274 e. The molecule has 0 radical (unpaired) electrons. The molecule has 0 aliphatic heterocycles. The molecule has 1 heterocycles. The van der Waals surface area contributed by atoms with Crippen molar-refractivity contribution in [1.82, 2.24) is 4.98 Å². The molecule has 0 atom stereocenters. The Labute approximate surface area is 135 Å². The maximum atomic E-state index is 12.2. The van der Waals surface area contributed by atoms with Gasteiger partial charge < -0.3 is 15.4 Å². The summed E-state index contributed by atoms with van der Waals surface area (Å²) in [6.45, 7) is 1.43. The van der Waals surface area contributed by atoms with E-state index in [9.17, 15) is 4.79 Å². The van der Waals surface area contributed by atoms with Gasteiger partial charge in [0.2, 0.25) is 0 Å². The van der Waals surface area contributed by atoms with Crippen molar-refractivity contribution in [2.24, 2.45) is 0 Å². The number of benzene rings is 1. The number of pyridine rings is 1. The van der Waals surface area contributed by atoms with Crippen molar-refractivity contribution in [3.05, 3.63) is 53.9 Å². The molecule has 1 aromatic heterocycles. The number of nitrogens with zero attached hydrogens (tertiary/aromatic N) is 2. The Balaban J connectivity index is 2.00. The van der Waals surface area contributed by atoms with Crippen molar-refractivity contribution in [3.8, 4) is 6.07 Å². The first-order chi connectivity index (χ1) is 11.2. The zero-order valence-corrected chi connectivity index (χ0v) is 12.9. The largest absolute Gasteiger partial charge is 0.385 e. The van der Waals surface area contributed by atoms with E-state index in [1.807, 2.05) is 6.07 Å². The number of nitrogens with one attached hydrogen (secondary N) is 2. The lowest BCUT2D eigenvalue weighted by atomic mass is 10.2. The molecule has 118 valence electrons. The van der Waals surface area contributed by atoms with E-state index in [1.165, 1.54) is 0 Å². The van der Waals surface area contributed by atoms with Gasteiger partial charge in [-0.3, -0.25) is 9.78 Å². The van der Waals surface area contributed by atoms with Crippen LogP contribution in [-0.2, 0) is 4.74 Å². The van der Waals surface area contributed by atoms with Crippen LogP contribution in [0.5, 0.6) is 0 Å². The highest BCUT2D eigenvalue weighted by Crippen LogP contribution is 2.13. The molecule has 0 saturated heterocycles. The minimum Gasteiger partial charge on any atom is -0.385 e. The van der Waals surface area contributed by atoms with Gasteiger partial charge in [0, 0.05) is 37.8 Å². The highest BCUT2D eigenvalue weighted by molar-refractivity contribution is 6.03. The van der Waals surface area contributed by atoms with E-state index in [0.717, 1.165) is 18.7 Å². The van der Waals surface area contributed by atoms with Crippen molar-refractivity contribution in [2.75, 3.05) is 30.9 Å². The maximum Gasteiger partial charge on any atom is 0.274 e. The van der Waals surface area contributed by atoms with Crippen LogP contribution in [0, 0.1) is 11.3 Å². The Bertz CT molecular complexity index is 710. The number of carbonyl (C=O) groups excluding carboxylic acids is 1. The fraction of sp³-hybridized carbons (Fsp3) is 0.235. The predicted octanol–water partition coefficient (Wildman–Crippen LogP) is 2.65. The van der Waals surface area contributed by atoms with Gasteiger partial charge in [0.15, 0.2) is 0 Å². The van der Waals surface area contributed by atoms with Gasteiger partial charge in [-0.15, -0.1) is 0 Å². The van der Waals surface area contributed by atoms with Crippen LogP contribution in [0.4, 0.5) is 11.4 Å². The molecule has 2 N–H and O–H groups in total. The van der Waals surface area contributed by atoms with E-state index in [4.69, 9.17) is 10.00 Å². The number of aromatic nitrogens is 1. The standard InChI is InChI=1S/C17H18N4O2/c1-23-9-3-7-19-14-6-8-20-16(11-14)17(22)21-15-5-2-4-13(10-15)12-18/h2,4-6,8,10-11H,3,7,9H2,1H3,(H,19,20)(H,21,22). The monoisotopic (exact) mass is 310 g/mol. The number of anilines is 2. The summed E-state index contributed by atoms with van der Waals surface area (Å²) in [7, 11) is 1.66. The van der Waals surface area contributed by atoms with Gasteiger partial charge in [0.1, 0.15) is 5.69 Å². The van der Waals surface area contributed by atoms with E-state index in [2.05, 4.69) is 15.6 Å². The maximum absolute atomic E-state index is 12.2. The van der Waals surface area contributed by atoms with Crippen molar-refractivity contribution in [2.45, 2.75) is 6.42 Å². The van der Waals surface area contributed by atoms with Gasteiger partial charge in [0.25, 0.3) is 5.91 Å². The molecule has 0 aliphatic rings. The Morgan fingerprint density at radius 2 is 2.17 bits per heavy atom. The van der Waals surface area contributed by atoms with E-state index < -0.39 is 0 Å². The molecule has 2 rings (SSSR count). The number of rotatable bonds is 7. The van der Waals surface area contributed by atoms with E-state index in [1.54, 1.807) is 49.7 Å². The summed E-state index contributed by atoms with van der Waals surface area (Å²) in [5.74, 6) is -0.319. The highest BCUT2D eigenvalue weighted by atomic mass is 16.5. The minimum absolute atomic E-state index is 0.309. The van der Waals surface area contributed by atoms with Crippen LogP contribution in [-0.4, -0.2) is 31.2 Å². The number of hydrogen-bond donors (Lipinski definition) is 2. The molecule has 1 aromatic carbocycles. The van der Waals surface area contributed by atoms with Gasteiger partial charge in [-0.05, 0) is 36.8 Å². The van der Waals surface area contributed by atoms with Crippen LogP contribution >= 0.6 is 0 Å². The summed E-state index contributed by atoms with van der Waals surface area (Å²) in [4.78, 5) is 16.3. The zero-order chi connectivity index (χ0) is 16.5. The van der Waals surface area contributed by atoms with Crippen LogP contribution in [0.3, 0.4) is 0 Å². The van der Waals surface area contributed by atoms with Gasteiger partial charge in [-0.1, -0.05) is 6.07 Å². The molecule has 6 heteroatoms. The number of ether oxygens (including phenoxy) is 1. The molecule has 6 nitrogen and oxygen atoms in total. The van der Waals surface area contributed by atoms with Crippen LogP contribution < -0.4 is 10.6 Å².